The van der Waals surface area contributed by atoms with Gasteiger partial charge in [0, 0.05) is 40.9 Å². The molecule has 19 heavy (non-hydrogen) atoms. The monoisotopic (exact) mass is 341 g/mol. The summed E-state index contributed by atoms with van der Waals surface area (Å²) in [6.45, 7) is 3.12. The highest BCUT2D eigenvalue weighted by Crippen LogP contribution is 2.24. The molecule has 3 nitrogen and oxygen atoms in total. The molecular formula is C14H17BrClN3. The number of aryl methyl sites for hydroxylation is 1. The molecule has 1 atom stereocenters. The van der Waals surface area contributed by atoms with Crippen molar-refractivity contribution in [2.24, 2.45) is 5.73 Å². The largest absolute Gasteiger partial charge is 0.335 e. The summed E-state index contributed by atoms with van der Waals surface area (Å²) in [4.78, 5) is 4.38. The molecular weight excluding hydrogens is 326 g/mol. The van der Waals surface area contributed by atoms with E-state index < -0.39 is 0 Å². The van der Waals surface area contributed by atoms with Gasteiger partial charge in [0.15, 0.2) is 0 Å². The lowest BCUT2D eigenvalue weighted by molar-refractivity contribution is 0.598. The van der Waals surface area contributed by atoms with Crippen LogP contribution in [0.4, 0.5) is 0 Å². The SMILES string of the molecule is CCCn1ccnc1CC(N)c1cc(Cl)cc(Br)c1. The van der Waals surface area contributed by atoms with Crippen molar-refractivity contribution in [2.75, 3.05) is 0 Å². The van der Waals surface area contributed by atoms with Gasteiger partial charge in [-0.25, -0.2) is 4.98 Å². The first-order chi connectivity index (χ1) is 9.10. The fourth-order valence-corrected chi connectivity index (χ4v) is 2.96. The summed E-state index contributed by atoms with van der Waals surface area (Å²) < 4.78 is 3.10. The lowest BCUT2D eigenvalue weighted by atomic mass is 10.0. The zero-order chi connectivity index (χ0) is 13.8. The molecule has 2 aromatic rings. The minimum Gasteiger partial charge on any atom is -0.335 e. The number of aromatic nitrogens is 2. The van der Waals surface area contributed by atoms with Gasteiger partial charge in [-0.3, -0.25) is 0 Å². The molecule has 1 aromatic heterocycles. The van der Waals surface area contributed by atoms with Crippen LogP contribution < -0.4 is 5.73 Å². The van der Waals surface area contributed by atoms with E-state index in [0.717, 1.165) is 28.8 Å². The lowest BCUT2D eigenvalue weighted by Crippen LogP contribution is -2.16. The number of nitrogens with zero attached hydrogens (tertiary/aromatic N) is 2. The number of nitrogens with two attached hydrogens (primary N) is 1. The van der Waals surface area contributed by atoms with Gasteiger partial charge in [0.1, 0.15) is 5.82 Å². The van der Waals surface area contributed by atoms with Crippen molar-refractivity contribution in [3.8, 4) is 0 Å². The first kappa shape index (κ1) is 14.6. The average Bonchev–Trinajstić information content (AvgIpc) is 2.76. The first-order valence-electron chi connectivity index (χ1n) is 6.31. The number of halogens is 2. The Morgan fingerprint density at radius 3 is 2.89 bits per heavy atom. The summed E-state index contributed by atoms with van der Waals surface area (Å²) in [6, 6.07) is 5.66. The van der Waals surface area contributed by atoms with Crippen molar-refractivity contribution in [2.45, 2.75) is 32.4 Å². The van der Waals surface area contributed by atoms with Crippen LogP contribution in [0.5, 0.6) is 0 Å². The molecule has 0 saturated carbocycles. The predicted octanol–water partition coefficient (Wildman–Crippen LogP) is 3.95. The third-order valence-electron chi connectivity index (χ3n) is 2.98. The van der Waals surface area contributed by atoms with E-state index in [9.17, 15) is 0 Å². The Labute approximate surface area is 126 Å². The summed E-state index contributed by atoms with van der Waals surface area (Å²) in [7, 11) is 0. The third kappa shape index (κ3) is 3.81. The van der Waals surface area contributed by atoms with Gasteiger partial charge in [0.05, 0.1) is 0 Å². The zero-order valence-electron chi connectivity index (χ0n) is 10.8. The van der Waals surface area contributed by atoms with Gasteiger partial charge in [-0.1, -0.05) is 34.5 Å². The third-order valence-corrected chi connectivity index (χ3v) is 3.66. The van der Waals surface area contributed by atoms with E-state index in [0.29, 0.717) is 11.4 Å². The Balaban J connectivity index is 2.15. The maximum atomic E-state index is 6.26. The van der Waals surface area contributed by atoms with Gasteiger partial charge in [-0.2, -0.15) is 0 Å². The second kappa shape index (κ2) is 6.55. The summed E-state index contributed by atoms with van der Waals surface area (Å²) in [5, 5.41) is 0.691. The highest BCUT2D eigenvalue weighted by atomic mass is 79.9. The molecule has 102 valence electrons. The second-order valence-corrected chi connectivity index (χ2v) is 5.90. The van der Waals surface area contributed by atoms with Gasteiger partial charge in [0.25, 0.3) is 0 Å². The Morgan fingerprint density at radius 1 is 1.42 bits per heavy atom. The quantitative estimate of drug-likeness (QED) is 0.894. The Kier molecular flexibility index (Phi) is 5.02. The molecule has 5 heteroatoms. The molecule has 0 saturated heterocycles. The van der Waals surface area contributed by atoms with Crippen LogP contribution in [0.1, 0.15) is 30.8 Å². The molecule has 0 aliphatic rings. The number of imidazole rings is 1. The molecule has 1 unspecified atom stereocenters. The number of rotatable bonds is 5. The summed E-state index contributed by atoms with van der Waals surface area (Å²) in [5.41, 5.74) is 7.28. The fraction of sp³-hybridized carbons (Fsp3) is 0.357. The van der Waals surface area contributed by atoms with Crippen LogP contribution in [0.3, 0.4) is 0 Å². The molecule has 2 N–H and O–H groups in total. The maximum absolute atomic E-state index is 6.26. The van der Waals surface area contributed by atoms with E-state index in [-0.39, 0.29) is 6.04 Å². The molecule has 1 heterocycles. The molecule has 0 spiro atoms. The average molecular weight is 343 g/mol. The van der Waals surface area contributed by atoms with Crippen LogP contribution in [0.2, 0.25) is 5.02 Å². The molecule has 1 aromatic carbocycles. The second-order valence-electron chi connectivity index (χ2n) is 4.55. The van der Waals surface area contributed by atoms with E-state index in [1.54, 1.807) is 0 Å². The van der Waals surface area contributed by atoms with Crippen molar-refractivity contribution in [1.82, 2.24) is 9.55 Å². The smallest absolute Gasteiger partial charge is 0.110 e. The van der Waals surface area contributed by atoms with E-state index >= 15 is 0 Å². The minimum absolute atomic E-state index is 0.104. The van der Waals surface area contributed by atoms with Crippen molar-refractivity contribution >= 4 is 27.5 Å². The van der Waals surface area contributed by atoms with Crippen molar-refractivity contribution in [1.29, 1.82) is 0 Å². The van der Waals surface area contributed by atoms with Gasteiger partial charge >= 0.3 is 0 Å². The standard InChI is InChI=1S/C14H17BrClN3/c1-2-4-19-5-3-18-14(19)9-13(17)10-6-11(15)8-12(16)7-10/h3,5-8,13H,2,4,9,17H2,1H3. The number of hydrogen-bond donors (Lipinski definition) is 1. The molecule has 0 aliphatic carbocycles. The number of benzene rings is 1. The van der Waals surface area contributed by atoms with E-state index in [1.807, 2.05) is 30.6 Å². The Hall–Kier alpha value is -0.840. The normalized spacial score (nSPS) is 12.6. The fourth-order valence-electron chi connectivity index (χ4n) is 2.08. The maximum Gasteiger partial charge on any atom is 0.110 e. The highest BCUT2D eigenvalue weighted by molar-refractivity contribution is 9.10. The molecule has 0 amide bonds. The number of hydrogen-bond acceptors (Lipinski definition) is 2. The molecule has 0 radical (unpaired) electrons. The van der Waals surface area contributed by atoms with Gasteiger partial charge < -0.3 is 10.3 Å². The Morgan fingerprint density at radius 2 is 2.21 bits per heavy atom. The summed E-state index contributed by atoms with van der Waals surface area (Å²) >= 11 is 9.49. The highest BCUT2D eigenvalue weighted by Gasteiger charge is 2.12. The minimum atomic E-state index is -0.104. The van der Waals surface area contributed by atoms with Crippen LogP contribution >= 0.6 is 27.5 Å². The van der Waals surface area contributed by atoms with Crippen molar-refractivity contribution < 1.29 is 0 Å². The van der Waals surface area contributed by atoms with E-state index in [1.165, 1.54) is 0 Å². The summed E-state index contributed by atoms with van der Waals surface area (Å²) in [5.74, 6) is 1.02. The van der Waals surface area contributed by atoms with Crippen LogP contribution in [0.15, 0.2) is 35.1 Å². The topological polar surface area (TPSA) is 43.8 Å². The lowest BCUT2D eigenvalue weighted by Gasteiger charge is -2.14. The predicted molar refractivity (Wildman–Crippen MR) is 82.3 cm³/mol. The molecule has 0 aliphatic heterocycles. The van der Waals surface area contributed by atoms with Crippen LogP contribution in [0, 0.1) is 0 Å². The zero-order valence-corrected chi connectivity index (χ0v) is 13.2. The van der Waals surface area contributed by atoms with Crippen LogP contribution in [-0.2, 0) is 13.0 Å². The van der Waals surface area contributed by atoms with Crippen LogP contribution in [-0.4, -0.2) is 9.55 Å². The summed E-state index contributed by atoms with van der Waals surface area (Å²) in [6.07, 6.45) is 5.62. The van der Waals surface area contributed by atoms with E-state index in [2.05, 4.69) is 32.4 Å². The Bertz CT molecular complexity index is 533. The van der Waals surface area contributed by atoms with Gasteiger partial charge in [0.2, 0.25) is 0 Å². The van der Waals surface area contributed by atoms with Gasteiger partial charge in [-0.15, -0.1) is 0 Å². The molecule has 2 rings (SSSR count). The van der Waals surface area contributed by atoms with E-state index in [4.69, 9.17) is 17.3 Å². The van der Waals surface area contributed by atoms with Crippen molar-refractivity contribution in [3.63, 3.8) is 0 Å². The van der Waals surface area contributed by atoms with Crippen LogP contribution in [0.25, 0.3) is 0 Å². The molecule has 0 fully saturated rings. The molecule has 0 bridgehead atoms. The first-order valence-corrected chi connectivity index (χ1v) is 7.49. The van der Waals surface area contributed by atoms with Gasteiger partial charge in [-0.05, 0) is 30.2 Å². The van der Waals surface area contributed by atoms with Crippen molar-refractivity contribution in [3.05, 3.63) is 51.5 Å².